The van der Waals surface area contributed by atoms with Crippen LogP contribution in [0.3, 0.4) is 0 Å². The van der Waals surface area contributed by atoms with E-state index < -0.39 is 7.36 Å². The Morgan fingerprint density at radius 3 is 2.27 bits per heavy atom. The van der Waals surface area contributed by atoms with Crippen LogP contribution in [0.5, 0.6) is 11.5 Å². The van der Waals surface area contributed by atoms with E-state index in [0.29, 0.717) is 47.7 Å². The van der Waals surface area contributed by atoms with Gasteiger partial charge >= 0.3 is 163 Å². The number of rotatable bonds is 11. The molecule has 10 heteroatoms. The molecule has 1 aromatic carbocycles. The van der Waals surface area contributed by atoms with Crippen molar-refractivity contribution in [2.75, 3.05) is 45.7 Å². The number of halogens is 2. The van der Waals surface area contributed by atoms with Gasteiger partial charge in [0.05, 0.1) is 0 Å². The molecule has 26 heavy (non-hydrogen) atoms. The molecule has 0 amide bonds. The second kappa shape index (κ2) is 8.93. The summed E-state index contributed by atoms with van der Waals surface area (Å²) in [6, 6.07) is 5.40. The standard InChI is InChI=1S/C16H25Cl2N2O5P/c1-22-13-8-12-9-14(25-16(12)15(10-13)23-2)11-24-26(3,21,19-6-4-17)20-7-5-18/h8-10,19-21H,4-7,11H2,1-3H3. The zero-order valence-electron chi connectivity index (χ0n) is 15.1. The zero-order chi connectivity index (χ0) is 19.2. The van der Waals surface area contributed by atoms with Gasteiger partial charge in [-0.15, -0.1) is 0 Å². The fraction of sp³-hybridized carbons (Fsp3) is 0.500. The van der Waals surface area contributed by atoms with Crippen molar-refractivity contribution < 1.29 is 23.3 Å². The van der Waals surface area contributed by atoms with Gasteiger partial charge in [-0.2, -0.15) is 0 Å². The minimum absolute atomic E-state index is 0.0511. The van der Waals surface area contributed by atoms with Crippen LogP contribution in [0.15, 0.2) is 22.6 Å². The summed E-state index contributed by atoms with van der Waals surface area (Å²) >= 11 is 11.5. The summed E-state index contributed by atoms with van der Waals surface area (Å²) in [5.74, 6) is 2.42. The molecule has 0 saturated heterocycles. The molecule has 0 atom stereocenters. The maximum atomic E-state index is 11.0. The van der Waals surface area contributed by atoms with Gasteiger partial charge in [-0.05, 0) is 0 Å². The molecule has 148 valence electrons. The van der Waals surface area contributed by atoms with Crippen molar-refractivity contribution in [1.82, 2.24) is 10.2 Å². The third-order valence-corrected chi connectivity index (χ3v) is 6.82. The first-order valence-corrected chi connectivity index (χ1v) is 11.6. The van der Waals surface area contributed by atoms with E-state index in [0.717, 1.165) is 5.39 Å². The molecule has 0 radical (unpaired) electrons. The Morgan fingerprint density at radius 2 is 1.73 bits per heavy atom. The third kappa shape index (κ3) is 5.36. The Hall–Kier alpha value is -0.790. The molecular formula is C16H25Cl2N2O5P. The van der Waals surface area contributed by atoms with Gasteiger partial charge in [0.2, 0.25) is 0 Å². The van der Waals surface area contributed by atoms with Crippen LogP contribution in [-0.4, -0.2) is 50.6 Å². The molecule has 0 aliphatic rings. The molecule has 1 heterocycles. The molecular weight excluding hydrogens is 402 g/mol. The van der Waals surface area contributed by atoms with E-state index in [2.05, 4.69) is 10.2 Å². The number of furan rings is 1. The summed E-state index contributed by atoms with van der Waals surface area (Å²) in [6.07, 6.45) is 0. The van der Waals surface area contributed by atoms with Crippen molar-refractivity contribution in [3.63, 3.8) is 0 Å². The normalized spacial score (nSPS) is 13.5. The van der Waals surface area contributed by atoms with Crippen LogP contribution < -0.4 is 19.6 Å². The zero-order valence-corrected chi connectivity index (χ0v) is 17.5. The molecule has 1 aromatic heterocycles. The topological polar surface area (TPSA) is 85.1 Å². The van der Waals surface area contributed by atoms with Gasteiger partial charge in [-0.25, -0.2) is 0 Å². The number of hydrogen-bond acceptors (Lipinski definition) is 7. The summed E-state index contributed by atoms with van der Waals surface area (Å²) in [4.78, 5) is 11.0. The summed E-state index contributed by atoms with van der Waals surface area (Å²) < 4.78 is 22.3. The minimum atomic E-state index is -3.83. The summed E-state index contributed by atoms with van der Waals surface area (Å²) in [5, 5.41) is 6.77. The Balaban J connectivity index is 2.23. The Morgan fingerprint density at radius 1 is 1.08 bits per heavy atom. The van der Waals surface area contributed by atoms with E-state index in [-0.39, 0.29) is 6.61 Å². The van der Waals surface area contributed by atoms with Crippen molar-refractivity contribution in [2.45, 2.75) is 6.61 Å². The average molecular weight is 427 g/mol. The fourth-order valence-corrected chi connectivity index (χ4v) is 4.94. The molecule has 2 rings (SSSR count). The van der Waals surface area contributed by atoms with Gasteiger partial charge < -0.3 is 0 Å². The molecule has 0 aliphatic heterocycles. The van der Waals surface area contributed by atoms with Crippen LogP contribution in [-0.2, 0) is 11.1 Å². The van der Waals surface area contributed by atoms with Crippen molar-refractivity contribution in [3.05, 3.63) is 24.0 Å². The molecule has 0 bridgehead atoms. The molecule has 0 fully saturated rings. The van der Waals surface area contributed by atoms with Gasteiger partial charge in [-0.1, -0.05) is 0 Å². The van der Waals surface area contributed by atoms with Gasteiger partial charge in [0.1, 0.15) is 0 Å². The third-order valence-electron chi connectivity index (χ3n) is 3.74. The predicted molar refractivity (Wildman–Crippen MR) is 107 cm³/mol. The van der Waals surface area contributed by atoms with Crippen molar-refractivity contribution in [3.8, 4) is 11.5 Å². The van der Waals surface area contributed by atoms with Crippen LogP contribution in [0.2, 0.25) is 0 Å². The van der Waals surface area contributed by atoms with E-state index in [1.165, 1.54) is 0 Å². The first kappa shape index (κ1) is 21.5. The second-order valence-corrected chi connectivity index (χ2v) is 10.3. The Labute approximate surface area is 163 Å². The number of benzene rings is 1. The fourth-order valence-electron chi connectivity index (χ4n) is 2.47. The Kier molecular flexibility index (Phi) is 7.39. The first-order chi connectivity index (χ1) is 12.3. The molecule has 0 unspecified atom stereocenters. The van der Waals surface area contributed by atoms with E-state index in [9.17, 15) is 4.89 Å². The van der Waals surface area contributed by atoms with Crippen LogP contribution in [0, 0.1) is 0 Å². The average Bonchev–Trinajstić information content (AvgIpc) is 3.06. The molecule has 0 spiro atoms. The van der Waals surface area contributed by atoms with Gasteiger partial charge in [-0.3, -0.25) is 0 Å². The number of methoxy groups -OCH3 is 2. The molecule has 7 nitrogen and oxygen atoms in total. The van der Waals surface area contributed by atoms with Crippen molar-refractivity contribution >= 4 is 41.5 Å². The van der Waals surface area contributed by atoms with Crippen LogP contribution in [0.1, 0.15) is 5.76 Å². The first-order valence-electron chi connectivity index (χ1n) is 8.03. The number of nitrogens with one attached hydrogen (secondary N) is 2. The summed E-state index contributed by atoms with van der Waals surface area (Å²) in [5.41, 5.74) is 0.587. The van der Waals surface area contributed by atoms with E-state index in [1.807, 2.05) is 12.1 Å². The quantitative estimate of drug-likeness (QED) is 0.374. The molecule has 0 aliphatic carbocycles. The van der Waals surface area contributed by atoms with E-state index >= 15 is 0 Å². The second-order valence-electron chi connectivity index (χ2n) is 5.83. The van der Waals surface area contributed by atoms with Crippen LogP contribution >= 0.6 is 30.6 Å². The molecule has 3 N–H and O–H groups in total. The molecule has 2 aromatic rings. The van der Waals surface area contributed by atoms with Gasteiger partial charge in [0.15, 0.2) is 0 Å². The van der Waals surface area contributed by atoms with E-state index in [1.54, 1.807) is 27.0 Å². The monoisotopic (exact) mass is 426 g/mol. The predicted octanol–water partition coefficient (Wildman–Crippen LogP) is 3.46. The number of fused-ring (bicyclic) bond motifs is 1. The van der Waals surface area contributed by atoms with Crippen LogP contribution in [0.4, 0.5) is 0 Å². The van der Waals surface area contributed by atoms with Crippen molar-refractivity contribution in [1.29, 1.82) is 0 Å². The van der Waals surface area contributed by atoms with E-state index in [4.69, 9.17) is 41.6 Å². The SMILES string of the molecule is COc1cc(OC)c2oc(COP(C)(O)(NCCCl)NCCCl)cc2c1. The number of ether oxygens (including phenoxy) is 2. The van der Waals surface area contributed by atoms with Gasteiger partial charge in [0.25, 0.3) is 0 Å². The Bertz CT molecular complexity index is 729. The summed E-state index contributed by atoms with van der Waals surface area (Å²) in [6.45, 7) is 2.41. The number of hydrogen-bond donors (Lipinski definition) is 3. The van der Waals surface area contributed by atoms with Crippen molar-refractivity contribution in [2.24, 2.45) is 0 Å². The number of alkyl halides is 2. The maximum absolute atomic E-state index is 11.0. The summed E-state index contributed by atoms with van der Waals surface area (Å²) in [7, 11) is -0.683. The molecule has 0 saturated carbocycles. The van der Waals surface area contributed by atoms with Crippen LogP contribution in [0.25, 0.3) is 11.0 Å². The van der Waals surface area contributed by atoms with Gasteiger partial charge in [0, 0.05) is 0 Å².